The van der Waals surface area contributed by atoms with Crippen molar-refractivity contribution in [1.82, 2.24) is 19.7 Å². The molecule has 33 heavy (non-hydrogen) atoms. The number of hydrogen-bond acceptors (Lipinski definition) is 5. The number of amides is 1. The summed E-state index contributed by atoms with van der Waals surface area (Å²) in [5.74, 6) is 0.702. The number of rotatable bonds is 9. The summed E-state index contributed by atoms with van der Waals surface area (Å²) >= 11 is 1.10. The van der Waals surface area contributed by atoms with Gasteiger partial charge < -0.3 is 9.32 Å². The number of furan rings is 1. The van der Waals surface area contributed by atoms with Gasteiger partial charge in [-0.1, -0.05) is 42.1 Å². The topological polar surface area (TPSA) is 64.2 Å². The molecule has 0 bridgehead atoms. The number of carbonyl (C=O) groups excluding carboxylic acids is 1. The lowest BCUT2D eigenvalue weighted by Crippen LogP contribution is -2.46. The van der Waals surface area contributed by atoms with Gasteiger partial charge in [-0.3, -0.25) is 9.36 Å². The fourth-order valence-electron chi connectivity index (χ4n) is 3.81. The van der Waals surface area contributed by atoms with Gasteiger partial charge in [0.15, 0.2) is 11.0 Å². The van der Waals surface area contributed by atoms with Crippen molar-refractivity contribution in [2.24, 2.45) is 5.92 Å². The molecular weight excluding hydrogens is 453 g/mol. The second-order valence-electron chi connectivity index (χ2n) is 8.27. The molecule has 1 aromatic carbocycles. The lowest BCUT2D eigenvalue weighted by molar-refractivity contribution is -0.164. The van der Waals surface area contributed by atoms with E-state index in [4.69, 9.17) is 4.42 Å². The standard InChI is InChI=1S/C23H25F3N4O2S/c1-15(18-8-9-18)30(14-23(24,25)26)20(31)13-33-22-28-27-21(19-10-11-32-16(19)2)29(22)12-17-6-4-3-5-7-17/h3-7,10-11,15,18H,8-9,12-14H2,1-2H3/t15-/m0/s1. The smallest absolute Gasteiger partial charge is 0.406 e. The van der Waals surface area contributed by atoms with E-state index in [1.165, 1.54) is 0 Å². The lowest BCUT2D eigenvalue weighted by Gasteiger charge is -2.30. The first-order valence-electron chi connectivity index (χ1n) is 10.7. The van der Waals surface area contributed by atoms with E-state index in [0.29, 0.717) is 23.3 Å². The molecule has 0 spiro atoms. The average Bonchev–Trinajstić information content (AvgIpc) is 3.43. The van der Waals surface area contributed by atoms with E-state index in [1.54, 1.807) is 19.3 Å². The van der Waals surface area contributed by atoms with E-state index in [1.807, 2.05) is 41.8 Å². The first kappa shape index (κ1) is 23.4. The van der Waals surface area contributed by atoms with Crippen LogP contribution in [0.1, 0.15) is 31.1 Å². The molecule has 1 saturated carbocycles. The highest BCUT2D eigenvalue weighted by molar-refractivity contribution is 7.99. The van der Waals surface area contributed by atoms with Crippen LogP contribution in [0.2, 0.25) is 0 Å². The average molecular weight is 479 g/mol. The third kappa shape index (κ3) is 5.79. The highest BCUT2D eigenvalue weighted by Gasteiger charge is 2.40. The van der Waals surface area contributed by atoms with Crippen LogP contribution in [0.15, 0.2) is 52.2 Å². The Labute approximate surface area is 194 Å². The monoisotopic (exact) mass is 478 g/mol. The number of alkyl halides is 3. The summed E-state index contributed by atoms with van der Waals surface area (Å²) < 4.78 is 46.7. The molecule has 1 fully saturated rings. The van der Waals surface area contributed by atoms with Crippen molar-refractivity contribution < 1.29 is 22.4 Å². The Bertz CT molecular complexity index is 1090. The molecule has 6 nitrogen and oxygen atoms in total. The Morgan fingerprint density at radius 3 is 2.58 bits per heavy atom. The van der Waals surface area contributed by atoms with Gasteiger partial charge >= 0.3 is 6.18 Å². The molecule has 0 aliphatic heterocycles. The summed E-state index contributed by atoms with van der Waals surface area (Å²) in [5, 5.41) is 9.01. The van der Waals surface area contributed by atoms with Crippen LogP contribution < -0.4 is 0 Å². The van der Waals surface area contributed by atoms with Gasteiger partial charge in [0.2, 0.25) is 5.91 Å². The first-order chi connectivity index (χ1) is 15.7. The maximum absolute atomic E-state index is 13.1. The van der Waals surface area contributed by atoms with Gasteiger partial charge in [-0.25, -0.2) is 0 Å². The highest BCUT2D eigenvalue weighted by Crippen LogP contribution is 2.37. The number of aromatic nitrogens is 3. The molecule has 3 aromatic rings. The zero-order chi connectivity index (χ0) is 23.6. The molecule has 2 heterocycles. The lowest BCUT2D eigenvalue weighted by atomic mass is 10.2. The predicted molar refractivity (Wildman–Crippen MR) is 119 cm³/mol. The van der Waals surface area contributed by atoms with Crippen LogP contribution in [0.4, 0.5) is 13.2 Å². The molecule has 4 rings (SSSR count). The Morgan fingerprint density at radius 1 is 1.24 bits per heavy atom. The van der Waals surface area contributed by atoms with Crippen LogP contribution >= 0.6 is 11.8 Å². The minimum Gasteiger partial charge on any atom is -0.469 e. The van der Waals surface area contributed by atoms with Crippen LogP contribution in [-0.2, 0) is 11.3 Å². The van der Waals surface area contributed by atoms with E-state index in [0.717, 1.165) is 40.6 Å². The fraction of sp³-hybridized carbons (Fsp3) is 0.435. The van der Waals surface area contributed by atoms with Crippen molar-refractivity contribution >= 4 is 17.7 Å². The molecule has 0 unspecified atom stereocenters. The molecule has 0 N–H and O–H groups in total. The summed E-state index contributed by atoms with van der Waals surface area (Å²) in [4.78, 5) is 13.8. The third-order valence-electron chi connectivity index (χ3n) is 5.79. The van der Waals surface area contributed by atoms with Gasteiger partial charge in [0.05, 0.1) is 24.1 Å². The number of hydrogen-bond donors (Lipinski definition) is 0. The van der Waals surface area contributed by atoms with Gasteiger partial charge in [-0.2, -0.15) is 13.2 Å². The van der Waals surface area contributed by atoms with Gasteiger partial charge in [0.25, 0.3) is 0 Å². The van der Waals surface area contributed by atoms with Gasteiger partial charge in [-0.15, -0.1) is 10.2 Å². The Hall–Kier alpha value is -2.75. The highest BCUT2D eigenvalue weighted by atomic mass is 32.2. The van der Waals surface area contributed by atoms with Crippen LogP contribution in [0, 0.1) is 12.8 Å². The van der Waals surface area contributed by atoms with E-state index >= 15 is 0 Å². The van der Waals surface area contributed by atoms with Crippen LogP contribution in [-0.4, -0.2) is 50.1 Å². The largest absolute Gasteiger partial charge is 0.469 e. The van der Waals surface area contributed by atoms with Crippen molar-refractivity contribution in [1.29, 1.82) is 0 Å². The van der Waals surface area contributed by atoms with Crippen molar-refractivity contribution in [2.45, 2.75) is 50.6 Å². The van der Waals surface area contributed by atoms with Gasteiger partial charge in [-0.05, 0) is 44.2 Å². The Morgan fingerprint density at radius 2 is 1.97 bits per heavy atom. The second kappa shape index (κ2) is 9.62. The van der Waals surface area contributed by atoms with Crippen molar-refractivity contribution in [3.8, 4) is 11.4 Å². The van der Waals surface area contributed by atoms with Crippen molar-refractivity contribution in [3.63, 3.8) is 0 Å². The molecule has 1 amide bonds. The van der Waals surface area contributed by atoms with Crippen molar-refractivity contribution in [3.05, 3.63) is 54.0 Å². The normalized spacial score (nSPS) is 14.9. The molecule has 2 aromatic heterocycles. The number of thioether (sulfide) groups is 1. The third-order valence-corrected chi connectivity index (χ3v) is 6.74. The first-order valence-corrected chi connectivity index (χ1v) is 11.7. The summed E-state index contributed by atoms with van der Waals surface area (Å²) in [6.07, 6.45) is -1.16. The summed E-state index contributed by atoms with van der Waals surface area (Å²) in [6, 6.07) is 11.1. The second-order valence-corrected chi connectivity index (χ2v) is 9.21. The number of halogens is 3. The minimum atomic E-state index is -4.44. The number of aryl methyl sites for hydroxylation is 1. The van der Waals surface area contributed by atoms with E-state index in [9.17, 15) is 18.0 Å². The van der Waals surface area contributed by atoms with Crippen LogP contribution in [0.5, 0.6) is 0 Å². The summed E-state index contributed by atoms with van der Waals surface area (Å²) in [5.41, 5.74) is 1.78. The molecule has 176 valence electrons. The Kier molecular flexibility index (Phi) is 6.83. The van der Waals surface area contributed by atoms with E-state index in [2.05, 4.69) is 10.2 Å². The summed E-state index contributed by atoms with van der Waals surface area (Å²) in [6.45, 7) is 2.74. The van der Waals surface area contributed by atoms with E-state index in [-0.39, 0.29) is 11.7 Å². The zero-order valence-electron chi connectivity index (χ0n) is 18.4. The van der Waals surface area contributed by atoms with Crippen LogP contribution in [0.3, 0.4) is 0 Å². The quantitative estimate of drug-likeness (QED) is 0.397. The molecule has 0 radical (unpaired) electrons. The Balaban J connectivity index is 1.56. The van der Waals surface area contributed by atoms with Crippen molar-refractivity contribution in [2.75, 3.05) is 12.3 Å². The summed E-state index contributed by atoms with van der Waals surface area (Å²) in [7, 11) is 0. The van der Waals surface area contributed by atoms with Crippen LogP contribution in [0.25, 0.3) is 11.4 Å². The number of benzene rings is 1. The molecule has 10 heteroatoms. The molecule has 1 aliphatic rings. The SMILES string of the molecule is Cc1occc1-c1nnc(SCC(=O)N(CC(F)(F)F)[C@@H](C)C2CC2)n1Cc1ccccc1. The molecule has 0 saturated heterocycles. The molecule has 1 aliphatic carbocycles. The van der Waals surface area contributed by atoms with Gasteiger partial charge in [0, 0.05) is 6.04 Å². The molecular formula is C23H25F3N4O2S. The zero-order valence-corrected chi connectivity index (χ0v) is 19.2. The maximum atomic E-state index is 13.1. The molecule has 1 atom stereocenters. The minimum absolute atomic E-state index is 0.138. The number of nitrogens with zero attached hydrogens (tertiary/aromatic N) is 4. The number of carbonyl (C=O) groups is 1. The van der Waals surface area contributed by atoms with E-state index < -0.39 is 24.7 Å². The fourth-order valence-corrected chi connectivity index (χ4v) is 4.64. The predicted octanol–water partition coefficient (Wildman–Crippen LogP) is 5.18. The van der Waals surface area contributed by atoms with Gasteiger partial charge in [0.1, 0.15) is 12.3 Å². The maximum Gasteiger partial charge on any atom is 0.406 e.